The summed E-state index contributed by atoms with van der Waals surface area (Å²) in [5.74, 6) is -0.719. The molecule has 0 unspecified atom stereocenters. The number of aliphatic hydroxyl groups is 1. The van der Waals surface area contributed by atoms with E-state index >= 15 is 0 Å². The van der Waals surface area contributed by atoms with Crippen molar-refractivity contribution < 1.29 is 27.4 Å². The predicted molar refractivity (Wildman–Crippen MR) is 115 cm³/mol. The summed E-state index contributed by atoms with van der Waals surface area (Å²) in [7, 11) is 0. The summed E-state index contributed by atoms with van der Waals surface area (Å²) in [5, 5.41) is 15.4. The molecule has 5 rings (SSSR count). The average Bonchev–Trinajstić information content (AvgIpc) is 3.12. The lowest BCUT2D eigenvalue weighted by Gasteiger charge is -2.43. The number of benzene rings is 2. The van der Waals surface area contributed by atoms with Crippen LogP contribution in [0.3, 0.4) is 0 Å². The maximum absolute atomic E-state index is 13.6. The van der Waals surface area contributed by atoms with Crippen LogP contribution in [0.5, 0.6) is 5.75 Å². The third kappa shape index (κ3) is 3.24. The van der Waals surface area contributed by atoms with Crippen molar-refractivity contribution in [3.63, 3.8) is 0 Å². The highest BCUT2D eigenvalue weighted by Gasteiger charge is 2.64. The Morgan fingerprint density at radius 2 is 1.97 bits per heavy atom. The minimum absolute atomic E-state index is 0.109. The molecule has 3 atom stereocenters. The Morgan fingerprint density at radius 1 is 1.24 bits per heavy atom. The van der Waals surface area contributed by atoms with Crippen molar-refractivity contribution in [1.82, 2.24) is 9.78 Å². The summed E-state index contributed by atoms with van der Waals surface area (Å²) < 4.78 is 62.2. The highest BCUT2D eigenvalue weighted by molar-refractivity contribution is 9.10. The van der Waals surface area contributed by atoms with Gasteiger partial charge in [-0.25, -0.2) is 15.6 Å². The highest BCUT2D eigenvalue weighted by Crippen LogP contribution is 2.58. The van der Waals surface area contributed by atoms with E-state index in [1.165, 1.54) is 12.1 Å². The minimum atomic E-state index is -4.77. The van der Waals surface area contributed by atoms with Gasteiger partial charge in [-0.15, -0.1) is 0 Å². The molecule has 0 radical (unpaired) electrons. The first-order chi connectivity index (χ1) is 15.6. The third-order valence-corrected chi connectivity index (χ3v) is 7.64. The highest BCUT2D eigenvalue weighted by atomic mass is 79.9. The summed E-state index contributed by atoms with van der Waals surface area (Å²) in [6.45, 7) is 8.11. The molecule has 2 aromatic carbocycles. The Kier molecular flexibility index (Phi) is 4.99. The topological polar surface area (TPSA) is 51.6 Å². The number of rotatable bonds is 1. The summed E-state index contributed by atoms with van der Waals surface area (Å²) >= 11 is 3.58. The monoisotopic (exact) mass is 523 g/mol. The minimum Gasteiger partial charge on any atom is -0.492 e. The van der Waals surface area contributed by atoms with Gasteiger partial charge in [0.2, 0.25) is 0 Å². The molecule has 1 aromatic heterocycles. The molecule has 1 saturated carbocycles. The normalized spacial score (nSPS) is 27.2. The fraction of sp³-hybridized carbons (Fsp3) is 0.391. The fourth-order valence-corrected chi connectivity index (χ4v) is 5.84. The van der Waals surface area contributed by atoms with E-state index in [2.05, 4.69) is 25.9 Å². The molecule has 1 aliphatic heterocycles. The zero-order valence-corrected chi connectivity index (χ0v) is 18.7. The second kappa shape index (κ2) is 7.43. The van der Waals surface area contributed by atoms with Gasteiger partial charge in [-0.05, 0) is 65.5 Å². The molecule has 1 N–H and O–H groups in total. The lowest BCUT2D eigenvalue weighted by molar-refractivity contribution is -0.278. The van der Waals surface area contributed by atoms with Crippen LogP contribution in [0.1, 0.15) is 31.2 Å². The van der Waals surface area contributed by atoms with E-state index in [1.54, 1.807) is 29.1 Å². The van der Waals surface area contributed by atoms with Crippen molar-refractivity contribution in [3.8, 4) is 11.4 Å². The number of nitrogens with zero attached hydrogens (tertiary/aromatic N) is 3. The van der Waals surface area contributed by atoms with Gasteiger partial charge in [-0.1, -0.05) is 0 Å². The number of aromatic nitrogens is 2. The van der Waals surface area contributed by atoms with Gasteiger partial charge >= 0.3 is 6.18 Å². The Hall–Kier alpha value is -2.64. The van der Waals surface area contributed by atoms with Crippen molar-refractivity contribution in [2.24, 2.45) is 5.92 Å². The van der Waals surface area contributed by atoms with Crippen LogP contribution in [-0.4, -0.2) is 33.3 Å². The molecule has 10 heteroatoms. The van der Waals surface area contributed by atoms with Crippen molar-refractivity contribution in [1.29, 1.82) is 0 Å². The van der Waals surface area contributed by atoms with Crippen molar-refractivity contribution in [2.75, 3.05) is 6.61 Å². The van der Waals surface area contributed by atoms with Crippen molar-refractivity contribution >= 4 is 26.8 Å². The number of alkyl halides is 3. The molecule has 172 valence electrons. The Bertz CT molecular complexity index is 1280. The number of hydrogen-bond acceptors (Lipinski definition) is 3. The van der Waals surface area contributed by atoms with Crippen LogP contribution in [0.25, 0.3) is 21.4 Å². The molecule has 0 bridgehead atoms. The van der Waals surface area contributed by atoms with E-state index in [4.69, 9.17) is 11.3 Å². The van der Waals surface area contributed by atoms with Crippen LogP contribution in [0.15, 0.2) is 41.0 Å². The van der Waals surface area contributed by atoms with Crippen LogP contribution < -0.4 is 4.74 Å². The second-order valence-corrected chi connectivity index (χ2v) is 9.43. The smallest absolute Gasteiger partial charge is 0.417 e. The molecule has 2 heterocycles. The van der Waals surface area contributed by atoms with Crippen molar-refractivity contribution in [2.45, 2.75) is 43.0 Å². The fourth-order valence-electron chi connectivity index (χ4n) is 5.12. The molecule has 1 fully saturated rings. The van der Waals surface area contributed by atoms with Gasteiger partial charge in [0.05, 0.1) is 34.0 Å². The number of hydrogen-bond donors (Lipinski definition) is 1. The largest absolute Gasteiger partial charge is 0.492 e. The van der Waals surface area contributed by atoms with Crippen LogP contribution in [-0.2, 0) is 5.54 Å². The molecule has 1 aliphatic carbocycles. The number of halogens is 5. The van der Waals surface area contributed by atoms with Gasteiger partial charge in [0.25, 0.3) is 5.54 Å². The van der Waals surface area contributed by atoms with Crippen LogP contribution in [0, 0.1) is 18.3 Å². The quantitative estimate of drug-likeness (QED) is 0.318. The maximum atomic E-state index is 13.6. The SMILES string of the molecule is [C-]#[N+][C@@]12CC[C@](O)(C(F)(F)F)C[C@H]1CCOc1c2cc2cnn(-c3ccc(F)cc3)c2c1Br. The van der Waals surface area contributed by atoms with Gasteiger partial charge in [0.1, 0.15) is 11.6 Å². The van der Waals surface area contributed by atoms with Gasteiger partial charge in [-0.2, -0.15) is 18.3 Å². The van der Waals surface area contributed by atoms with Crippen molar-refractivity contribution in [3.05, 3.63) is 63.8 Å². The van der Waals surface area contributed by atoms with Gasteiger partial charge in [0, 0.05) is 17.7 Å². The molecular weight excluding hydrogens is 506 g/mol. The van der Waals surface area contributed by atoms with E-state index in [0.29, 0.717) is 32.4 Å². The Morgan fingerprint density at radius 3 is 2.64 bits per heavy atom. The standard InChI is InChI=1S/C23H18BrF4N3O2/c1-29-22-8-7-21(32,23(26,27)28)11-14(22)6-9-33-20-17(22)10-13-12-30-31(19(13)18(20)24)16-4-2-15(25)3-5-16/h2-5,10,12,14,32H,6-9,11H2/t14-,21-,22+/m1/s1. The third-order valence-electron chi connectivity index (χ3n) is 6.91. The first-order valence-electron chi connectivity index (χ1n) is 10.4. The van der Waals surface area contributed by atoms with Crippen LogP contribution in [0.2, 0.25) is 0 Å². The van der Waals surface area contributed by atoms with Gasteiger partial charge in [-0.3, -0.25) is 0 Å². The van der Waals surface area contributed by atoms with Crippen LogP contribution in [0.4, 0.5) is 17.6 Å². The zero-order chi connectivity index (χ0) is 23.6. The molecule has 2 aliphatic rings. The zero-order valence-electron chi connectivity index (χ0n) is 17.2. The summed E-state index contributed by atoms with van der Waals surface area (Å²) in [6, 6.07) is 7.54. The molecule has 33 heavy (non-hydrogen) atoms. The Labute approximate surface area is 194 Å². The average molecular weight is 524 g/mol. The molecular formula is C23H18BrF4N3O2. The first kappa shape index (κ1) is 22.2. The van der Waals surface area contributed by atoms with E-state index in [-0.39, 0.29) is 25.3 Å². The summed E-state index contributed by atoms with van der Waals surface area (Å²) in [5.41, 5.74) is -2.31. The maximum Gasteiger partial charge on any atom is 0.417 e. The lowest BCUT2D eigenvalue weighted by Crippen LogP contribution is -2.54. The van der Waals surface area contributed by atoms with Crippen LogP contribution >= 0.6 is 15.9 Å². The van der Waals surface area contributed by atoms with E-state index < -0.39 is 36.1 Å². The van der Waals surface area contributed by atoms with Gasteiger partial charge in [0.15, 0.2) is 5.60 Å². The molecule has 0 amide bonds. The number of fused-ring (bicyclic) bond motifs is 4. The molecule has 0 spiro atoms. The molecule has 0 saturated heterocycles. The Balaban J connectivity index is 1.67. The van der Waals surface area contributed by atoms with E-state index in [0.717, 1.165) is 0 Å². The van der Waals surface area contributed by atoms with Gasteiger partial charge < -0.3 is 14.7 Å². The van der Waals surface area contributed by atoms with E-state index in [9.17, 15) is 22.7 Å². The van der Waals surface area contributed by atoms with E-state index in [1.807, 2.05) is 0 Å². The molecule has 3 aromatic rings. The summed E-state index contributed by atoms with van der Waals surface area (Å²) in [6.07, 6.45) is -4.21. The lowest BCUT2D eigenvalue weighted by atomic mass is 9.63. The summed E-state index contributed by atoms with van der Waals surface area (Å²) in [4.78, 5) is 3.87. The first-order valence-corrected chi connectivity index (χ1v) is 11.2. The predicted octanol–water partition coefficient (Wildman–Crippen LogP) is 5.92. The number of ether oxygens (including phenoxy) is 1. The molecule has 5 nitrogen and oxygen atoms in total. The second-order valence-electron chi connectivity index (χ2n) is 8.64.